The Bertz CT molecular complexity index is 418. The molecule has 0 aliphatic rings. The van der Waals surface area contributed by atoms with Crippen LogP contribution >= 0.6 is 11.6 Å². The van der Waals surface area contributed by atoms with Gasteiger partial charge in [-0.15, -0.1) is 0 Å². The number of benzene rings is 1. The number of halogens is 1. The molecule has 0 heterocycles. The Hall–Kier alpha value is -1.59. The summed E-state index contributed by atoms with van der Waals surface area (Å²) >= 11 is 5.70. The van der Waals surface area contributed by atoms with Gasteiger partial charge in [0.05, 0.1) is 6.42 Å². The van der Waals surface area contributed by atoms with Crippen molar-refractivity contribution in [3.8, 4) is 0 Å². The van der Waals surface area contributed by atoms with Gasteiger partial charge in [-0.2, -0.15) is 0 Å². The summed E-state index contributed by atoms with van der Waals surface area (Å²) in [5.74, 6) is -3.10. The van der Waals surface area contributed by atoms with E-state index in [1.165, 1.54) is 0 Å². The molecular formula is C11H12ClNO4. The Kier molecular flexibility index (Phi) is 4.48. The topological polar surface area (TPSA) is 101 Å². The van der Waals surface area contributed by atoms with Crippen LogP contribution in [0.15, 0.2) is 24.3 Å². The number of carboxylic acids is 2. The predicted octanol–water partition coefficient (Wildman–Crippen LogP) is 1.31. The van der Waals surface area contributed by atoms with E-state index < -0.39 is 23.9 Å². The van der Waals surface area contributed by atoms with E-state index >= 15 is 0 Å². The molecule has 0 amide bonds. The molecule has 0 unspecified atom stereocenters. The standard InChI is InChI=1S/C11H12ClNO4/c12-7-3-1-6(2-4-7)8(5-9(14)15)10(13)11(16)17/h1-4,8,10H,5,13H2,(H,14,15)(H,16,17)/t8-,10-/m1/s1. The third-order valence-electron chi connectivity index (χ3n) is 2.41. The van der Waals surface area contributed by atoms with Crippen LogP contribution in [0.25, 0.3) is 0 Å². The summed E-state index contributed by atoms with van der Waals surface area (Å²) in [6, 6.07) is 5.05. The van der Waals surface area contributed by atoms with Crippen LogP contribution in [0, 0.1) is 0 Å². The second-order valence-corrected chi connectivity index (χ2v) is 4.06. The number of carbonyl (C=O) groups is 2. The molecule has 17 heavy (non-hydrogen) atoms. The van der Waals surface area contributed by atoms with Gasteiger partial charge in [-0.05, 0) is 17.7 Å². The third kappa shape index (κ3) is 3.72. The fourth-order valence-corrected chi connectivity index (χ4v) is 1.65. The molecule has 0 aromatic heterocycles. The van der Waals surface area contributed by atoms with Crippen molar-refractivity contribution in [2.24, 2.45) is 5.73 Å². The summed E-state index contributed by atoms with van der Waals surface area (Å²) in [4.78, 5) is 21.5. The van der Waals surface area contributed by atoms with Gasteiger partial charge in [0.15, 0.2) is 0 Å². The molecule has 0 fully saturated rings. The highest BCUT2D eigenvalue weighted by Crippen LogP contribution is 2.24. The lowest BCUT2D eigenvalue weighted by Crippen LogP contribution is -2.37. The van der Waals surface area contributed by atoms with E-state index in [0.29, 0.717) is 10.6 Å². The Balaban J connectivity index is 3.01. The maximum absolute atomic E-state index is 10.8. The third-order valence-corrected chi connectivity index (χ3v) is 2.66. The number of hydrogen-bond acceptors (Lipinski definition) is 3. The molecule has 0 saturated carbocycles. The molecule has 2 atom stereocenters. The summed E-state index contributed by atoms with van der Waals surface area (Å²) in [7, 11) is 0. The van der Waals surface area contributed by atoms with Crippen molar-refractivity contribution in [1.29, 1.82) is 0 Å². The van der Waals surface area contributed by atoms with Crippen LogP contribution in [0.3, 0.4) is 0 Å². The van der Waals surface area contributed by atoms with Gasteiger partial charge < -0.3 is 15.9 Å². The molecule has 0 bridgehead atoms. The quantitative estimate of drug-likeness (QED) is 0.738. The monoisotopic (exact) mass is 257 g/mol. The van der Waals surface area contributed by atoms with E-state index in [9.17, 15) is 9.59 Å². The van der Waals surface area contributed by atoms with Crippen molar-refractivity contribution in [1.82, 2.24) is 0 Å². The number of rotatable bonds is 5. The van der Waals surface area contributed by atoms with Crippen LogP contribution in [0.5, 0.6) is 0 Å². The van der Waals surface area contributed by atoms with Gasteiger partial charge in [0.25, 0.3) is 0 Å². The summed E-state index contributed by atoms with van der Waals surface area (Å²) in [6.45, 7) is 0. The second kappa shape index (κ2) is 5.65. The molecule has 92 valence electrons. The highest BCUT2D eigenvalue weighted by atomic mass is 35.5. The number of carboxylic acid groups (broad SMARTS) is 2. The van der Waals surface area contributed by atoms with Gasteiger partial charge in [0, 0.05) is 10.9 Å². The second-order valence-electron chi connectivity index (χ2n) is 3.62. The van der Waals surface area contributed by atoms with E-state index in [1.54, 1.807) is 24.3 Å². The van der Waals surface area contributed by atoms with Crippen LogP contribution in [-0.2, 0) is 9.59 Å². The highest BCUT2D eigenvalue weighted by Gasteiger charge is 2.27. The van der Waals surface area contributed by atoms with Crippen LogP contribution in [0.1, 0.15) is 17.9 Å². The fraction of sp³-hybridized carbons (Fsp3) is 0.273. The first-order chi connectivity index (χ1) is 7.91. The Morgan fingerprint density at radius 1 is 1.24 bits per heavy atom. The fourth-order valence-electron chi connectivity index (χ4n) is 1.52. The highest BCUT2D eigenvalue weighted by molar-refractivity contribution is 6.30. The van der Waals surface area contributed by atoms with Gasteiger partial charge in [-0.1, -0.05) is 23.7 Å². The summed E-state index contributed by atoms with van der Waals surface area (Å²) in [6.07, 6.45) is -0.338. The molecule has 0 saturated heterocycles. The molecular weight excluding hydrogens is 246 g/mol. The Labute approximate surface area is 103 Å². The molecule has 0 aliphatic heterocycles. The Morgan fingerprint density at radius 2 is 1.76 bits per heavy atom. The SMILES string of the molecule is N[C@@H](C(=O)O)[C@H](CC(=O)O)c1ccc(Cl)cc1. The molecule has 0 aliphatic carbocycles. The molecule has 4 N–H and O–H groups in total. The average molecular weight is 258 g/mol. The first-order valence-electron chi connectivity index (χ1n) is 4.87. The lowest BCUT2D eigenvalue weighted by molar-refractivity contribution is -0.140. The minimum absolute atomic E-state index is 0.338. The zero-order valence-electron chi connectivity index (χ0n) is 8.84. The molecule has 1 rings (SSSR count). The van der Waals surface area contributed by atoms with Crippen LogP contribution in [0.2, 0.25) is 5.02 Å². The number of hydrogen-bond donors (Lipinski definition) is 3. The van der Waals surface area contributed by atoms with Gasteiger partial charge in [0.1, 0.15) is 6.04 Å². The maximum Gasteiger partial charge on any atom is 0.321 e. The predicted molar refractivity (Wildman–Crippen MR) is 62.1 cm³/mol. The summed E-state index contributed by atoms with van der Waals surface area (Å²) in [5, 5.41) is 18.1. The molecule has 6 heteroatoms. The Morgan fingerprint density at radius 3 is 2.18 bits per heavy atom. The normalized spacial score (nSPS) is 14.0. The number of nitrogens with two attached hydrogens (primary N) is 1. The van der Waals surface area contributed by atoms with Gasteiger partial charge in [-0.3, -0.25) is 9.59 Å². The lowest BCUT2D eigenvalue weighted by atomic mass is 9.89. The van der Waals surface area contributed by atoms with Gasteiger partial charge in [0.2, 0.25) is 0 Å². The van der Waals surface area contributed by atoms with E-state index in [-0.39, 0.29) is 6.42 Å². The zero-order chi connectivity index (χ0) is 13.0. The molecule has 1 aromatic carbocycles. The largest absolute Gasteiger partial charge is 0.481 e. The van der Waals surface area contributed by atoms with E-state index in [0.717, 1.165) is 0 Å². The smallest absolute Gasteiger partial charge is 0.321 e. The molecule has 0 spiro atoms. The van der Waals surface area contributed by atoms with Crippen LogP contribution in [0.4, 0.5) is 0 Å². The van der Waals surface area contributed by atoms with E-state index in [2.05, 4.69) is 0 Å². The summed E-state index contributed by atoms with van der Waals surface area (Å²) < 4.78 is 0. The van der Waals surface area contributed by atoms with Gasteiger partial charge in [-0.25, -0.2) is 0 Å². The lowest BCUT2D eigenvalue weighted by Gasteiger charge is -2.19. The van der Waals surface area contributed by atoms with Crippen molar-refractivity contribution in [3.63, 3.8) is 0 Å². The van der Waals surface area contributed by atoms with Crippen molar-refractivity contribution in [2.75, 3.05) is 0 Å². The van der Waals surface area contributed by atoms with Crippen molar-refractivity contribution in [2.45, 2.75) is 18.4 Å². The molecule has 0 radical (unpaired) electrons. The minimum Gasteiger partial charge on any atom is -0.481 e. The maximum atomic E-state index is 10.8. The average Bonchev–Trinajstić information content (AvgIpc) is 2.26. The van der Waals surface area contributed by atoms with Crippen molar-refractivity contribution >= 4 is 23.5 Å². The van der Waals surface area contributed by atoms with Crippen molar-refractivity contribution < 1.29 is 19.8 Å². The minimum atomic E-state index is -1.26. The summed E-state index contributed by atoms with van der Waals surface area (Å²) in [5.41, 5.74) is 6.03. The van der Waals surface area contributed by atoms with Crippen molar-refractivity contribution in [3.05, 3.63) is 34.9 Å². The molecule has 1 aromatic rings. The zero-order valence-corrected chi connectivity index (χ0v) is 9.59. The van der Waals surface area contributed by atoms with Gasteiger partial charge >= 0.3 is 11.9 Å². The van der Waals surface area contributed by atoms with Crippen LogP contribution in [-0.4, -0.2) is 28.2 Å². The van der Waals surface area contributed by atoms with Crippen LogP contribution < -0.4 is 5.73 Å². The molecule has 5 nitrogen and oxygen atoms in total. The van der Waals surface area contributed by atoms with E-state index in [4.69, 9.17) is 27.5 Å². The van der Waals surface area contributed by atoms with E-state index in [1.807, 2.05) is 0 Å². The first kappa shape index (κ1) is 13.5. The number of aliphatic carboxylic acids is 2. The first-order valence-corrected chi connectivity index (χ1v) is 5.25.